The quantitative estimate of drug-likeness (QED) is 0.516. The van der Waals surface area contributed by atoms with Crippen molar-refractivity contribution in [1.82, 2.24) is 9.78 Å². The lowest BCUT2D eigenvalue weighted by Crippen LogP contribution is -2.23. The van der Waals surface area contributed by atoms with E-state index in [4.69, 9.17) is 21.4 Å². The second-order valence-corrected chi connectivity index (χ2v) is 9.48. The molecule has 1 fully saturated rings. The highest BCUT2D eigenvalue weighted by Gasteiger charge is 2.26. The van der Waals surface area contributed by atoms with Gasteiger partial charge >= 0.3 is 0 Å². The first-order chi connectivity index (χ1) is 14.6. The number of rotatable bonds is 7. The van der Waals surface area contributed by atoms with Gasteiger partial charge in [-0.2, -0.15) is 5.10 Å². The molecule has 0 aliphatic heterocycles. The molecular weight excluding hydrogens is 420 g/mol. The van der Waals surface area contributed by atoms with Crippen LogP contribution in [0.2, 0.25) is 5.02 Å². The molecule has 0 spiro atoms. The molecule has 2 heterocycles. The third kappa shape index (κ3) is 4.41. The minimum atomic E-state index is -0.128. The van der Waals surface area contributed by atoms with Gasteiger partial charge in [0, 0.05) is 37.4 Å². The number of halogens is 1. The van der Waals surface area contributed by atoms with E-state index in [1.54, 1.807) is 18.4 Å². The summed E-state index contributed by atoms with van der Waals surface area (Å²) >= 11 is 7.81. The summed E-state index contributed by atoms with van der Waals surface area (Å²) in [5.74, 6) is 1.03. The van der Waals surface area contributed by atoms with Crippen LogP contribution in [0, 0.1) is 0 Å². The fourth-order valence-corrected chi connectivity index (χ4v) is 5.78. The van der Waals surface area contributed by atoms with Crippen LogP contribution in [0.15, 0.2) is 29.1 Å². The van der Waals surface area contributed by atoms with Gasteiger partial charge in [-0.1, -0.05) is 43.0 Å². The molecule has 2 aromatic heterocycles. The number of nitrogens with zero attached hydrogens (tertiary/aromatic N) is 2. The molecule has 1 N–H and O–H groups in total. The Balaban J connectivity index is 1.85. The molecule has 5 nitrogen and oxygen atoms in total. The van der Waals surface area contributed by atoms with E-state index in [2.05, 4.69) is 0 Å². The molecule has 0 amide bonds. The van der Waals surface area contributed by atoms with E-state index in [-0.39, 0.29) is 12.2 Å². The fourth-order valence-electron chi connectivity index (χ4n) is 4.24. The first-order valence-corrected chi connectivity index (χ1v) is 11.8. The van der Waals surface area contributed by atoms with Gasteiger partial charge in [-0.05, 0) is 30.5 Å². The average Bonchev–Trinajstić information content (AvgIpc) is 3.10. The number of aliphatic hydroxyl groups excluding tert-OH is 1. The highest BCUT2D eigenvalue weighted by Crippen LogP contribution is 2.43. The van der Waals surface area contributed by atoms with Gasteiger partial charge in [0.15, 0.2) is 0 Å². The first kappa shape index (κ1) is 21.3. The zero-order chi connectivity index (χ0) is 21.1. The van der Waals surface area contributed by atoms with Crippen LogP contribution in [0.1, 0.15) is 60.6 Å². The molecular formula is C23H27ClN2O3S. The minimum absolute atomic E-state index is 0.0542. The number of fused-ring (bicyclic) bond motifs is 1. The maximum Gasteiger partial charge on any atom is 0.279 e. The summed E-state index contributed by atoms with van der Waals surface area (Å²) in [6.07, 6.45) is 7.07. The van der Waals surface area contributed by atoms with E-state index in [1.165, 1.54) is 23.9 Å². The van der Waals surface area contributed by atoms with Gasteiger partial charge in [-0.3, -0.25) is 4.79 Å². The van der Waals surface area contributed by atoms with Gasteiger partial charge in [-0.15, -0.1) is 11.3 Å². The summed E-state index contributed by atoms with van der Waals surface area (Å²) in [5.41, 5.74) is 1.98. The number of hydrogen-bond donors (Lipinski definition) is 1. The molecule has 0 atom stereocenters. The van der Waals surface area contributed by atoms with Crippen LogP contribution in [0.25, 0.3) is 10.1 Å². The van der Waals surface area contributed by atoms with Crippen LogP contribution in [-0.2, 0) is 13.5 Å². The van der Waals surface area contributed by atoms with E-state index in [0.29, 0.717) is 41.5 Å². The Morgan fingerprint density at radius 3 is 2.83 bits per heavy atom. The van der Waals surface area contributed by atoms with Gasteiger partial charge in [-0.25, -0.2) is 4.68 Å². The van der Waals surface area contributed by atoms with Crippen LogP contribution in [0.5, 0.6) is 5.75 Å². The topological polar surface area (TPSA) is 64.3 Å². The molecule has 1 aromatic carbocycles. The van der Waals surface area contributed by atoms with Crippen molar-refractivity contribution in [1.29, 1.82) is 0 Å². The lowest BCUT2D eigenvalue weighted by Gasteiger charge is -2.21. The Bertz CT molecular complexity index is 1090. The Hall–Kier alpha value is -1.89. The largest absolute Gasteiger partial charge is 0.491 e. The number of aliphatic hydroxyl groups is 1. The zero-order valence-electron chi connectivity index (χ0n) is 17.2. The van der Waals surface area contributed by atoms with Crippen LogP contribution in [0.4, 0.5) is 0 Å². The molecule has 7 heteroatoms. The third-order valence-electron chi connectivity index (χ3n) is 5.73. The molecule has 4 rings (SSSR count). The van der Waals surface area contributed by atoms with E-state index in [1.807, 2.05) is 24.3 Å². The van der Waals surface area contributed by atoms with Gasteiger partial charge in [0.05, 0.1) is 21.9 Å². The zero-order valence-corrected chi connectivity index (χ0v) is 18.8. The maximum absolute atomic E-state index is 13.1. The molecule has 160 valence electrons. The van der Waals surface area contributed by atoms with Crippen LogP contribution < -0.4 is 10.3 Å². The smallest absolute Gasteiger partial charge is 0.279 e. The molecule has 0 radical (unpaired) electrons. The van der Waals surface area contributed by atoms with Crippen molar-refractivity contribution in [2.24, 2.45) is 7.05 Å². The van der Waals surface area contributed by atoms with Crippen molar-refractivity contribution >= 4 is 33.0 Å². The number of aryl methyl sites for hydroxylation is 1. The second-order valence-electron chi connectivity index (χ2n) is 7.94. The van der Waals surface area contributed by atoms with Gasteiger partial charge in [0.25, 0.3) is 5.56 Å². The Kier molecular flexibility index (Phi) is 6.76. The van der Waals surface area contributed by atoms with E-state index >= 15 is 0 Å². The Labute approximate surface area is 185 Å². The minimum Gasteiger partial charge on any atom is -0.491 e. The summed E-state index contributed by atoms with van der Waals surface area (Å²) < 4.78 is 8.51. The van der Waals surface area contributed by atoms with Crippen molar-refractivity contribution in [2.75, 3.05) is 13.2 Å². The van der Waals surface area contributed by atoms with Crippen LogP contribution in [0.3, 0.4) is 0 Å². The Morgan fingerprint density at radius 2 is 2.10 bits per heavy atom. The molecule has 30 heavy (non-hydrogen) atoms. The SMILES string of the molecule is Cn1nc(C2CCCCC2)c2sc(Cc3cccc(Cl)c3)c(OCCCO)c2c1=O. The number of thiophene rings is 1. The predicted octanol–water partition coefficient (Wildman–Crippen LogP) is 5.05. The van der Waals surface area contributed by atoms with Crippen molar-refractivity contribution in [3.8, 4) is 5.75 Å². The molecule has 0 bridgehead atoms. The molecule has 0 saturated heterocycles. The summed E-state index contributed by atoms with van der Waals surface area (Å²) in [6, 6.07) is 7.77. The van der Waals surface area contributed by atoms with Gasteiger partial charge < -0.3 is 9.84 Å². The second kappa shape index (κ2) is 9.50. The third-order valence-corrected chi connectivity index (χ3v) is 7.15. The van der Waals surface area contributed by atoms with Gasteiger partial charge in [0.2, 0.25) is 0 Å². The molecule has 1 aliphatic rings. The van der Waals surface area contributed by atoms with Crippen molar-refractivity contribution < 1.29 is 9.84 Å². The summed E-state index contributed by atoms with van der Waals surface area (Å²) in [5, 5.41) is 15.2. The summed E-state index contributed by atoms with van der Waals surface area (Å²) in [6.45, 7) is 0.424. The average molecular weight is 447 g/mol. The maximum atomic E-state index is 13.1. The number of hydrogen-bond acceptors (Lipinski definition) is 5. The number of benzene rings is 1. The highest BCUT2D eigenvalue weighted by molar-refractivity contribution is 7.19. The summed E-state index contributed by atoms with van der Waals surface area (Å²) in [7, 11) is 1.72. The number of ether oxygens (including phenoxy) is 1. The fraction of sp³-hybridized carbons (Fsp3) is 0.478. The summed E-state index contributed by atoms with van der Waals surface area (Å²) in [4.78, 5) is 14.1. The van der Waals surface area contributed by atoms with Crippen molar-refractivity contribution in [3.63, 3.8) is 0 Å². The monoisotopic (exact) mass is 446 g/mol. The normalized spacial score (nSPS) is 15.0. The van der Waals surface area contributed by atoms with E-state index in [9.17, 15) is 9.90 Å². The van der Waals surface area contributed by atoms with Crippen LogP contribution >= 0.6 is 22.9 Å². The van der Waals surface area contributed by atoms with Crippen LogP contribution in [-0.4, -0.2) is 28.1 Å². The predicted molar refractivity (Wildman–Crippen MR) is 122 cm³/mol. The molecule has 3 aromatic rings. The van der Waals surface area contributed by atoms with E-state index in [0.717, 1.165) is 33.7 Å². The number of aromatic nitrogens is 2. The van der Waals surface area contributed by atoms with Crippen molar-refractivity contribution in [2.45, 2.75) is 50.9 Å². The highest BCUT2D eigenvalue weighted by atomic mass is 35.5. The lowest BCUT2D eigenvalue weighted by atomic mass is 9.86. The van der Waals surface area contributed by atoms with Gasteiger partial charge in [0.1, 0.15) is 11.1 Å². The molecule has 0 unspecified atom stereocenters. The van der Waals surface area contributed by atoms with E-state index < -0.39 is 0 Å². The standard InChI is InChI=1S/C23H27ClN2O3S/c1-26-23(28)19-21(29-12-6-11-27)18(14-15-7-5-10-17(24)13-15)30-22(19)20(25-26)16-8-3-2-4-9-16/h5,7,10,13,16,27H,2-4,6,8-9,11-12,14H2,1H3. The first-order valence-electron chi connectivity index (χ1n) is 10.6. The molecule has 1 aliphatic carbocycles. The molecule has 1 saturated carbocycles. The lowest BCUT2D eigenvalue weighted by molar-refractivity contribution is 0.234. The Morgan fingerprint density at radius 1 is 1.30 bits per heavy atom. The van der Waals surface area contributed by atoms with Crippen molar-refractivity contribution in [3.05, 3.63) is 55.8 Å².